The summed E-state index contributed by atoms with van der Waals surface area (Å²) >= 11 is 0. The van der Waals surface area contributed by atoms with Crippen molar-refractivity contribution in [1.82, 2.24) is 0 Å². The molecule has 2 aliphatic carbocycles. The minimum absolute atomic E-state index is 0.127. The van der Waals surface area contributed by atoms with Gasteiger partial charge in [-0.1, -0.05) is 12.1 Å². The molecule has 1 aromatic rings. The summed E-state index contributed by atoms with van der Waals surface area (Å²) in [4.78, 5) is 14.3. The molecule has 0 spiro atoms. The summed E-state index contributed by atoms with van der Waals surface area (Å²) in [6.45, 7) is 0. The summed E-state index contributed by atoms with van der Waals surface area (Å²) in [6, 6.07) is 6.86. The molecular weight excluding hydrogens is 212 g/mol. The normalized spacial score (nSPS) is 30.6. The van der Waals surface area contributed by atoms with Crippen molar-refractivity contribution >= 4 is 11.6 Å². The van der Waals surface area contributed by atoms with E-state index in [2.05, 4.69) is 12.1 Å². The molecule has 3 nitrogen and oxygen atoms in total. The molecule has 0 aromatic heterocycles. The zero-order chi connectivity index (χ0) is 11.6. The second kappa shape index (κ2) is 3.10. The van der Waals surface area contributed by atoms with Gasteiger partial charge in [-0.2, -0.15) is 0 Å². The summed E-state index contributed by atoms with van der Waals surface area (Å²) < 4.78 is 0. The van der Waals surface area contributed by atoms with Gasteiger partial charge in [0.2, 0.25) is 5.91 Å². The SMILES string of the molecule is NC1CC2CC(=O)N(C3CC3)c3cccc1c32. The van der Waals surface area contributed by atoms with Crippen LogP contribution < -0.4 is 10.6 Å². The van der Waals surface area contributed by atoms with Crippen LogP contribution in [0.4, 0.5) is 5.69 Å². The Hall–Kier alpha value is -1.35. The Kier molecular flexibility index (Phi) is 1.76. The maximum absolute atomic E-state index is 12.2. The largest absolute Gasteiger partial charge is 0.324 e. The van der Waals surface area contributed by atoms with Crippen LogP contribution in [0.5, 0.6) is 0 Å². The summed E-state index contributed by atoms with van der Waals surface area (Å²) in [6.07, 6.45) is 3.92. The number of carbonyl (C=O) groups excluding carboxylic acids is 1. The summed E-state index contributed by atoms with van der Waals surface area (Å²) in [5, 5.41) is 0. The molecule has 3 aliphatic rings. The number of amides is 1. The molecule has 1 saturated carbocycles. The van der Waals surface area contributed by atoms with Gasteiger partial charge in [0.15, 0.2) is 0 Å². The third kappa shape index (κ3) is 1.23. The van der Waals surface area contributed by atoms with Gasteiger partial charge in [-0.15, -0.1) is 0 Å². The van der Waals surface area contributed by atoms with Crippen molar-refractivity contribution in [3.8, 4) is 0 Å². The third-order valence-corrected chi connectivity index (χ3v) is 4.32. The topological polar surface area (TPSA) is 46.3 Å². The van der Waals surface area contributed by atoms with E-state index in [1.54, 1.807) is 0 Å². The zero-order valence-electron chi connectivity index (χ0n) is 9.73. The molecule has 2 N–H and O–H groups in total. The highest BCUT2D eigenvalue weighted by atomic mass is 16.2. The standard InChI is InChI=1S/C14H16N2O/c15-11-6-8-7-13(17)16(9-4-5-9)12-3-1-2-10(11)14(8)12/h1-3,8-9,11H,4-7,15H2. The number of hydrogen-bond acceptors (Lipinski definition) is 2. The van der Waals surface area contributed by atoms with Crippen LogP contribution in [0.25, 0.3) is 0 Å². The van der Waals surface area contributed by atoms with Crippen molar-refractivity contribution in [1.29, 1.82) is 0 Å². The van der Waals surface area contributed by atoms with Crippen molar-refractivity contribution in [3.05, 3.63) is 29.3 Å². The van der Waals surface area contributed by atoms with Crippen LogP contribution in [0.1, 0.15) is 48.8 Å². The number of nitrogens with two attached hydrogens (primary N) is 1. The van der Waals surface area contributed by atoms with Crippen molar-refractivity contribution in [2.45, 2.75) is 43.7 Å². The van der Waals surface area contributed by atoms with Crippen LogP contribution in [-0.2, 0) is 4.79 Å². The van der Waals surface area contributed by atoms with Gasteiger partial charge in [-0.3, -0.25) is 4.79 Å². The highest BCUT2D eigenvalue weighted by Crippen LogP contribution is 2.50. The van der Waals surface area contributed by atoms with Gasteiger partial charge < -0.3 is 10.6 Å². The third-order valence-electron chi connectivity index (χ3n) is 4.32. The maximum atomic E-state index is 12.2. The fraction of sp³-hybridized carbons (Fsp3) is 0.500. The Morgan fingerprint density at radius 1 is 1.29 bits per heavy atom. The average molecular weight is 228 g/mol. The Balaban J connectivity index is 1.91. The number of rotatable bonds is 1. The summed E-state index contributed by atoms with van der Waals surface area (Å²) in [7, 11) is 0. The number of hydrogen-bond donors (Lipinski definition) is 1. The quantitative estimate of drug-likeness (QED) is 0.799. The van der Waals surface area contributed by atoms with Gasteiger partial charge in [0.25, 0.3) is 0 Å². The molecule has 1 amide bonds. The monoisotopic (exact) mass is 228 g/mol. The average Bonchev–Trinajstić information content (AvgIpc) is 3.07. The summed E-state index contributed by atoms with van der Waals surface area (Å²) in [5.74, 6) is 0.676. The number of carbonyl (C=O) groups is 1. The Labute approximate surface area is 101 Å². The van der Waals surface area contributed by atoms with E-state index < -0.39 is 0 Å². The van der Waals surface area contributed by atoms with Crippen molar-refractivity contribution < 1.29 is 4.79 Å². The van der Waals surface area contributed by atoms with E-state index in [-0.39, 0.29) is 6.04 Å². The molecule has 1 heterocycles. The Morgan fingerprint density at radius 3 is 2.88 bits per heavy atom. The molecule has 0 bridgehead atoms. The molecule has 0 saturated heterocycles. The van der Waals surface area contributed by atoms with E-state index >= 15 is 0 Å². The highest BCUT2D eigenvalue weighted by Gasteiger charge is 2.43. The molecule has 1 fully saturated rings. The van der Waals surface area contributed by atoms with E-state index in [9.17, 15) is 4.79 Å². The maximum Gasteiger partial charge on any atom is 0.227 e. The molecule has 88 valence electrons. The lowest BCUT2D eigenvalue weighted by molar-refractivity contribution is -0.119. The van der Waals surface area contributed by atoms with E-state index in [4.69, 9.17) is 5.73 Å². The van der Waals surface area contributed by atoms with Gasteiger partial charge in [0.1, 0.15) is 0 Å². The van der Waals surface area contributed by atoms with Crippen LogP contribution in [0.3, 0.4) is 0 Å². The minimum atomic E-state index is 0.127. The smallest absolute Gasteiger partial charge is 0.227 e. The van der Waals surface area contributed by atoms with Crippen molar-refractivity contribution in [2.75, 3.05) is 4.90 Å². The molecule has 2 unspecified atom stereocenters. The molecule has 1 aliphatic heterocycles. The van der Waals surface area contributed by atoms with Gasteiger partial charge in [0, 0.05) is 24.2 Å². The van der Waals surface area contributed by atoms with E-state index in [1.165, 1.54) is 11.1 Å². The second-order valence-electron chi connectivity index (χ2n) is 5.52. The van der Waals surface area contributed by atoms with Crippen molar-refractivity contribution in [2.24, 2.45) is 5.73 Å². The Morgan fingerprint density at radius 2 is 2.12 bits per heavy atom. The molecule has 4 rings (SSSR count). The van der Waals surface area contributed by atoms with Crippen LogP contribution in [0.2, 0.25) is 0 Å². The van der Waals surface area contributed by atoms with Gasteiger partial charge in [0.05, 0.1) is 0 Å². The van der Waals surface area contributed by atoms with Crippen molar-refractivity contribution in [3.63, 3.8) is 0 Å². The lowest BCUT2D eigenvalue weighted by atomic mass is 9.91. The lowest BCUT2D eigenvalue weighted by Gasteiger charge is -2.32. The van der Waals surface area contributed by atoms with E-state index in [0.29, 0.717) is 24.3 Å². The minimum Gasteiger partial charge on any atom is -0.324 e. The predicted octanol–water partition coefficient (Wildman–Crippen LogP) is 2.07. The Bertz CT molecular complexity index is 507. The zero-order valence-corrected chi connectivity index (χ0v) is 9.73. The van der Waals surface area contributed by atoms with E-state index in [1.807, 2.05) is 11.0 Å². The first kappa shape index (κ1) is 9.66. The fourth-order valence-corrected chi connectivity index (χ4v) is 3.46. The van der Waals surface area contributed by atoms with Crippen LogP contribution >= 0.6 is 0 Å². The number of benzene rings is 1. The van der Waals surface area contributed by atoms with Crippen LogP contribution in [0, 0.1) is 0 Å². The van der Waals surface area contributed by atoms with Gasteiger partial charge >= 0.3 is 0 Å². The first-order chi connectivity index (χ1) is 8.25. The molecule has 17 heavy (non-hydrogen) atoms. The predicted molar refractivity (Wildman–Crippen MR) is 65.9 cm³/mol. The second-order valence-corrected chi connectivity index (χ2v) is 5.52. The molecular formula is C14H16N2O. The fourth-order valence-electron chi connectivity index (χ4n) is 3.46. The first-order valence-electron chi connectivity index (χ1n) is 6.46. The van der Waals surface area contributed by atoms with E-state index in [0.717, 1.165) is 24.9 Å². The van der Waals surface area contributed by atoms with Crippen LogP contribution in [-0.4, -0.2) is 11.9 Å². The first-order valence-corrected chi connectivity index (χ1v) is 6.46. The van der Waals surface area contributed by atoms with Crippen LogP contribution in [0.15, 0.2) is 18.2 Å². The highest BCUT2D eigenvalue weighted by molar-refractivity contribution is 5.98. The van der Waals surface area contributed by atoms with Gasteiger partial charge in [-0.25, -0.2) is 0 Å². The van der Waals surface area contributed by atoms with Gasteiger partial charge in [-0.05, 0) is 42.4 Å². The lowest BCUT2D eigenvalue weighted by Crippen LogP contribution is -2.37. The number of nitrogens with zero attached hydrogens (tertiary/aromatic N) is 1. The number of anilines is 1. The summed E-state index contributed by atoms with van der Waals surface area (Å²) in [5.41, 5.74) is 9.95. The molecule has 1 aromatic carbocycles. The molecule has 3 heteroatoms. The molecule has 2 atom stereocenters. The molecule has 0 radical (unpaired) electrons.